The first-order valence-corrected chi connectivity index (χ1v) is 8.59. The van der Waals surface area contributed by atoms with Gasteiger partial charge in [-0.05, 0) is 36.8 Å². The molecule has 1 N–H and O–H groups in total. The first-order valence-electron chi connectivity index (χ1n) is 7.41. The zero-order valence-electron chi connectivity index (χ0n) is 12.0. The highest BCUT2D eigenvalue weighted by atomic mass is 32.2. The van der Waals surface area contributed by atoms with Crippen molar-refractivity contribution in [3.8, 4) is 5.75 Å². The van der Waals surface area contributed by atoms with Gasteiger partial charge in [-0.15, -0.1) is 0 Å². The van der Waals surface area contributed by atoms with Gasteiger partial charge in [0.25, 0.3) is 0 Å². The molecule has 1 fully saturated rings. The Balaban J connectivity index is 1.83. The number of thiol groups is 1. The molecule has 2 unspecified atom stereocenters. The maximum absolute atomic E-state index is 13.1. The Morgan fingerprint density at radius 1 is 1.24 bits per heavy atom. The molecule has 6 heteroatoms. The molecule has 0 spiro atoms. The third-order valence-electron chi connectivity index (χ3n) is 4.08. The molecule has 0 bridgehead atoms. The maximum atomic E-state index is 13.1. The monoisotopic (exact) mass is 315 g/mol. The highest BCUT2D eigenvalue weighted by Gasteiger charge is 2.25. The molecule has 1 saturated carbocycles. The van der Waals surface area contributed by atoms with E-state index in [1.165, 1.54) is 25.0 Å². The smallest absolute Gasteiger partial charge is 0.201 e. The van der Waals surface area contributed by atoms with Gasteiger partial charge in [0.1, 0.15) is 11.6 Å². The van der Waals surface area contributed by atoms with Crippen LogP contribution in [0.2, 0.25) is 0 Å². The fourth-order valence-corrected chi connectivity index (χ4v) is 3.30. The average molecular weight is 315 g/mol. The summed E-state index contributed by atoms with van der Waals surface area (Å²) < 4.78 is 42.3. The second-order valence-corrected chi connectivity index (χ2v) is 6.36. The molecular formula is C15H22FNO3S. The Hall–Kier alpha value is -1.14. The lowest BCUT2D eigenvalue weighted by Gasteiger charge is -2.31. The van der Waals surface area contributed by atoms with Crippen molar-refractivity contribution in [2.75, 3.05) is 13.2 Å². The molecule has 118 valence electrons. The molecule has 0 aromatic heterocycles. The normalized spacial score (nSPS) is 22.4. The van der Waals surface area contributed by atoms with Crippen molar-refractivity contribution in [2.24, 2.45) is 11.8 Å². The molecular weight excluding hydrogens is 293 g/mol. The standard InChI is InChI=1S/C15H22FNO3S/c16-14-6-3-7-15(10-14)20-11-13-5-2-1-4-12(13)8-9-17-21(18)19/h3,6-7,10,12-13,21H,1-2,4-5,8-9,11H2,(H,17,18,19). The van der Waals surface area contributed by atoms with Gasteiger partial charge in [-0.25, -0.2) is 17.5 Å². The first-order chi connectivity index (χ1) is 10.1. The van der Waals surface area contributed by atoms with Gasteiger partial charge in [0.05, 0.1) is 6.61 Å². The Kier molecular flexibility index (Phi) is 6.45. The van der Waals surface area contributed by atoms with Gasteiger partial charge in [0, 0.05) is 12.6 Å². The lowest BCUT2D eigenvalue weighted by Crippen LogP contribution is -2.28. The van der Waals surface area contributed by atoms with Crippen LogP contribution in [0.15, 0.2) is 24.3 Å². The third kappa shape index (κ3) is 5.63. The van der Waals surface area contributed by atoms with Crippen molar-refractivity contribution in [2.45, 2.75) is 32.1 Å². The summed E-state index contributed by atoms with van der Waals surface area (Å²) in [4.78, 5) is 0. The fraction of sp³-hybridized carbons (Fsp3) is 0.600. The first kappa shape index (κ1) is 16.2. The number of hydrogen-bond donors (Lipinski definition) is 2. The molecule has 1 aromatic rings. The van der Waals surface area contributed by atoms with E-state index >= 15 is 0 Å². The molecule has 2 rings (SSSR count). The third-order valence-corrected chi connectivity index (χ3v) is 4.56. The second kappa shape index (κ2) is 8.34. The van der Waals surface area contributed by atoms with E-state index in [0.29, 0.717) is 30.7 Å². The summed E-state index contributed by atoms with van der Waals surface area (Å²) in [6, 6.07) is 6.18. The van der Waals surface area contributed by atoms with Gasteiger partial charge < -0.3 is 4.74 Å². The van der Waals surface area contributed by atoms with Crippen LogP contribution in [0.1, 0.15) is 32.1 Å². The molecule has 21 heavy (non-hydrogen) atoms. The summed E-state index contributed by atoms with van der Waals surface area (Å²) in [5, 5.41) is 0. The van der Waals surface area contributed by atoms with Gasteiger partial charge >= 0.3 is 0 Å². The molecule has 4 nitrogen and oxygen atoms in total. The number of benzene rings is 1. The molecule has 0 radical (unpaired) electrons. The second-order valence-electron chi connectivity index (χ2n) is 5.53. The van der Waals surface area contributed by atoms with E-state index in [1.54, 1.807) is 12.1 Å². The summed E-state index contributed by atoms with van der Waals surface area (Å²) in [6.45, 7) is 1.05. The number of nitrogens with one attached hydrogen (secondary N) is 1. The SMILES string of the molecule is O=[SH](=O)NCCC1CCCCC1COc1cccc(F)c1. The largest absolute Gasteiger partial charge is 0.493 e. The van der Waals surface area contributed by atoms with Crippen LogP contribution in [0.5, 0.6) is 5.75 Å². The van der Waals surface area contributed by atoms with E-state index in [4.69, 9.17) is 4.74 Å². The summed E-state index contributed by atoms with van der Waals surface area (Å²) in [5.41, 5.74) is 0. The van der Waals surface area contributed by atoms with Crippen LogP contribution in [0.25, 0.3) is 0 Å². The van der Waals surface area contributed by atoms with E-state index in [0.717, 1.165) is 19.3 Å². The van der Waals surface area contributed by atoms with Crippen LogP contribution < -0.4 is 9.46 Å². The van der Waals surface area contributed by atoms with Crippen LogP contribution in [0.3, 0.4) is 0 Å². The number of rotatable bonds is 7. The van der Waals surface area contributed by atoms with E-state index < -0.39 is 10.9 Å². The quantitative estimate of drug-likeness (QED) is 0.760. The Labute approximate surface area is 126 Å². The molecule has 0 heterocycles. The van der Waals surface area contributed by atoms with E-state index in [9.17, 15) is 12.8 Å². The number of halogens is 1. The minimum absolute atomic E-state index is 0.295. The molecule has 0 amide bonds. The van der Waals surface area contributed by atoms with Gasteiger partial charge in [-0.3, -0.25) is 0 Å². The van der Waals surface area contributed by atoms with Crippen LogP contribution in [0, 0.1) is 17.7 Å². The lowest BCUT2D eigenvalue weighted by atomic mass is 9.78. The van der Waals surface area contributed by atoms with Crippen LogP contribution in [0.4, 0.5) is 4.39 Å². The summed E-state index contributed by atoms with van der Waals surface area (Å²) in [5.74, 6) is 1.14. The van der Waals surface area contributed by atoms with Crippen molar-refractivity contribution in [1.82, 2.24) is 4.72 Å². The van der Waals surface area contributed by atoms with Crippen molar-refractivity contribution >= 4 is 10.9 Å². The van der Waals surface area contributed by atoms with Crippen molar-refractivity contribution in [3.63, 3.8) is 0 Å². The Bertz CT molecular complexity index is 513. The zero-order valence-corrected chi connectivity index (χ0v) is 12.9. The van der Waals surface area contributed by atoms with Crippen molar-refractivity contribution in [1.29, 1.82) is 0 Å². The zero-order chi connectivity index (χ0) is 15.1. The molecule has 1 aliphatic rings. The van der Waals surface area contributed by atoms with E-state index in [1.807, 2.05) is 0 Å². The van der Waals surface area contributed by atoms with Crippen molar-refractivity contribution < 1.29 is 17.5 Å². The molecule has 1 aromatic carbocycles. The topological polar surface area (TPSA) is 55.4 Å². The minimum Gasteiger partial charge on any atom is -0.493 e. The van der Waals surface area contributed by atoms with Crippen LogP contribution in [-0.2, 0) is 10.9 Å². The highest BCUT2D eigenvalue weighted by Crippen LogP contribution is 2.32. The molecule has 0 aliphatic heterocycles. The van der Waals surface area contributed by atoms with Gasteiger partial charge in [0.2, 0.25) is 10.9 Å². The van der Waals surface area contributed by atoms with Gasteiger partial charge in [-0.1, -0.05) is 25.3 Å². The average Bonchev–Trinajstić information content (AvgIpc) is 2.46. The summed E-state index contributed by atoms with van der Waals surface area (Å²) in [7, 11) is -2.51. The number of ether oxygens (including phenoxy) is 1. The highest BCUT2D eigenvalue weighted by molar-refractivity contribution is 7.70. The fourth-order valence-electron chi connectivity index (χ4n) is 2.99. The van der Waals surface area contributed by atoms with Gasteiger partial charge in [-0.2, -0.15) is 0 Å². The predicted molar refractivity (Wildman–Crippen MR) is 80.3 cm³/mol. The lowest BCUT2D eigenvalue weighted by molar-refractivity contribution is 0.143. The Morgan fingerprint density at radius 2 is 2.00 bits per heavy atom. The van der Waals surface area contributed by atoms with Gasteiger partial charge in [0.15, 0.2) is 0 Å². The van der Waals surface area contributed by atoms with Crippen LogP contribution in [-0.4, -0.2) is 21.6 Å². The van der Waals surface area contributed by atoms with E-state index in [-0.39, 0.29) is 5.82 Å². The molecule has 1 aliphatic carbocycles. The Morgan fingerprint density at radius 3 is 2.71 bits per heavy atom. The molecule has 0 saturated heterocycles. The summed E-state index contributed by atoms with van der Waals surface area (Å²) in [6.07, 6.45) is 5.39. The van der Waals surface area contributed by atoms with E-state index in [2.05, 4.69) is 4.72 Å². The number of hydrogen-bond acceptors (Lipinski definition) is 3. The minimum atomic E-state index is -2.51. The molecule has 2 atom stereocenters. The predicted octanol–water partition coefficient (Wildman–Crippen LogP) is 2.52. The van der Waals surface area contributed by atoms with Crippen LogP contribution >= 0.6 is 0 Å². The summed E-state index contributed by atoms with van der Waals surface area (Å²) >= 11 is 0. The maximum Gasteiger partial charge on any atom is 0.201 e. The van der Waals surface area contributed by atoms with Crippen molar-refractivity contribution in [3.05, 3.63) is 30.1 Å².